The fourth-order valence-corrected chi connectivity index (χ4v) is 2.70. The van der Waals surface area contributed by atoms with Gasteiger partial charge in [0, 0.05) is 19.0 Å². The first-order chi connectivity index (χ1) is 8.46. The molecular formula is C12H17N3O3. The Morgan fingerprint density at radius 1 is 1.44 bits per heavy atom. The van der Waals surface area contributed by atoms with Crippen molar-refractivity contribution in [3.05, 3.63) is 12.2 Å². The van der Waals surface area contributed by atoms with Gasteiger partial charge < -0.3 is 14.2 Å². The summed E-state index contributed by atoms with van der Waals surface area (Å²) < 4.78 is 10.4. The van der Waals surface area contributed by atoms with Crippen molar-refractivity contribution in [2.24, 2.45) is 11.8 Å². The van der Waals surface area contributed by atoms with E-state index >= 15 is 0 Å². The molecule has 1 aromatic rings. The van der Waals surface area contributed by atoms with Crippen LogP contribution in [0.25, 0.3) is 0 Å². The average Bonchev–Trinajstić information content (AvgIpc) is 2.76. The Labute approximate surface area is 105 Å². The second kappa shape index (κ2) is 3.70. The number of likely N-dealkylation sites (tertiary alicyclic amines) is 1. The summed E-state index contributed by atoms with van der Waals surface area (Å²) in [6, 6.07) is 0. The monoisotopic (exact) mass is 251 g/mol. The van der Waals surface area contributed by atoms with Gasteiger partial charge >= 0.3 is 6.09 Å². The second-order valence-corrected chi connectivity index (χ2v) is 6.02. The standard InChI is InChI=1S/C12H17N3O3/c1-12(2,3)17-11(16)15-4-7-8(5-15)9(7)10-13-6-14-18-10/h6-9H,4-5H2,1-3H3/t7-,8+,9?. The van der Waals surface area contributed by atoms with Gasteiger partial charge in [-0.15, -0.1) is 0 Å². The van der Waals surface area contributed by atoms with E-state index < -0.39 is 5.60 Å². The Morgan fingerprint density at radius 2 is 2.11 bits per heavy atom. The highest BCUT2D eigenvalue weighted by molar-refractivity contribution is 5.69. The van der Waals surface area contributed by atoms with Crippen molar-refractivity contribution in [3.63, 3.8) is 0 Å². The van der Waals surface area contributed by atoms with Gasteiger partial charge in [-0.05, 0) is 32.6 Å². The third kappa shape index (κ3) is 1.95. The van der Waals surface area contributed by atoms with Gasteiger partial charge in [-0.2, -0.15) is 4.98 Å². The number of fused-ring (bicyclic) bond motifs is 1. The van der Waals surface area contributed by atoms with E-state index in [4.69, 9.17) is 9.26 Å². The number of hydrogen-bond acceptors (Lipinski definition) is 5. The molecule has 98 valence electrons. The average molecular weight is 251 g/mol. The van der Waals surface area contributed by atoms with Gasteiger partial charge in [0.1, 0.15) is 5.60 Å². The lowest BCUT2D eigenvalue weighted by atomic mass is 10.2. The van der Waals surface area contributed by atoms with Crippen LogP contribution in [0.4, 0.5) is 4.79 Å². The molecule has 1 aliphatic carbocycles. The number of carbonyl (C=O) groups is 1. The van der Waals surface area contributed by atoms with E-state index in [1.54, 1.807) is 4.90 Å². The van der Waals surface area contributed by atoms with Crippen molar-refractivity contribution in [1.82, 2.24) is 15.0 Å². The van der Waals surface area contributed by atoms with Gasteiger partial charge in [-0.1, -0.05) is 5.16 Å². The number of piperidine rings is 1. The number of rotatable bonds is 1. The first-order valence-corrected chi connectivity index (χ1v) is 6.20. The first kappa shape index (κ1) is 11.5. The van der Waals surface area contributed by atoms with Crippen LogP contribution in [0.1, 0.15) is 32.6 Å². The maximum absolute atomic E-state index is 11.9. The molecule has 6 heteroatoms. The third-order valence-electron chi connectivity index (χ3n) is 3.51. The van der Waals surface area contributed by atoms with Crippen LogP contribution in [0.5, 0.6) is 0 Å². The zero-order chi connectivity index (χ0) is 12.9. The highest BCUT2D eigenvalue weighted by Gasteiger charge is 2.60. The highest BCUT2D eigenvalue weighted by atomic mass is 16.6. The molecule has 1 aromatic heterocycles. The van der Waals surface area contributed by atoms with Gasteiger partial charge in [0.2, 0.25) is 5.89 Å². The fraction of sp³-hybridized carbons (Fsp3) is 0.750. The van der Waals surface area contributed by atoms with Crippen LogP contribution in [-0.4, -0.2) is 39.8 Å². The molecule has 2 heterocycles. The molecule has 0 spiro atoms. The van der Waals surface area contributed by atoms with Crippen molar-refractivity contribution in [2.75, 3.05) is 13.1 Å². The van der Waals surface area contributed by atoms with Crippen LogP contribution < -0.4 is 0 Å². The van der Waals surface area contributed by atoms with Crippen LogP contribution >= 0.6 is 0 Å². The van der Waals surface area contributed by atoms with E-state index in [0.29, 0.717) is 23.6 Å². The van der Waals surface area contributed by atoms with Crippen LogP contribution in [-0.2, 0) is 4.74 Å². The summed E-state index contributed by atoms with van der Waals surface area (Å²) in [5.41, 5.74) is -0.435. The lowest BCUT2D eigenvalue weighted by Gasteiger charge is -2.25. The predicted molar refractivity (Wildman–Crippen MR) is 61.8 cm³/mol. The Hall–Kier alpha value is -1.59. The summed E-state index contributed by atoms with van der Waals surface area (Å²) in [5, 5.41) is 3.62. The number of amides is 1. The van der Waals surface area contributed by atoms with Crippen LogP contribution in [0, 0.1) is 11.8 Å². The summed E-state index contributed by atoms with van der Waals surface area (Å²) in [6.07, 6.45) is 1.20. The summed E-state index contributed by atoms with van der Waals surface area (Å²) in [5.74, 6) is 1.95. The van der Waals surface area contributed by atoms with Gasteiger partial charge in [0.05, 0.1) is 0 Å². The van der Waals surface area contributed by atoms with E-state index in [1.165, 1.54) is 6.33 Å². The molecule has 2 aliphatic rings. The third-order valence-corrected chi connectivity index (χ3v) is 3.51. The number of aromatic nitrogens is 2. The maximum atomic E-state index is 11.9. The number of carbonyl (C=O) groups excluding carboxylic acids is 1. The van der Waals surface area contributed by atoms with E-state index in [-0.39, 0.29) is 6.09 Å². The smallest absolute Gasteiger partial charge is 0.410 e. The Morgan fingerprint density at radius 3 is 2.61 bits per heavy atom. The largest absolute Gasteiger partial charge is 0.444 e. The molecule has 0 radical (unpaired) electrons. The zero-order valence-electron chi connectivity index (χ0n) is 10.8. The number of hydrogen-bond donors (Lipinski definition) is 0. The normalized spacial score (nSPS) is 30.2. The minimum atomic E-state index is -0.435. The quantitative estimate of drug-likeness (QED) is 0.759. The molecular weight excluding hydrogens is 234 g/mol. The summed E-state index contributed by atoms with van der Waals surface area (Å²) in [4.78, 5) is 17.7. The summed E-state index contributed by atoms with van der Waals surface area (Å²) >= 11 is 0. The number of ether oxygens (including phenoxy) is 1. The zero-order valence-corrected chi connectivity index (χ0v) is 10.8. The Kier molecular flexibility index (Phi) is 2.36. The first-order valence-electron chi connectivity index (χ1n) is 6.20. The predicted octanol–water partition coefficient (Wildman–Crippen LogP) is 1.65. The molecule has 3 rings (SSSR count). The second-order valence-electron chi connectivity index (χ2n) is 6.02. The lowest BCUT2D eigenvalue weighted by molar-refractivity contribution is 0.0269. The highest BCUT2D eigenvalue weighted by Crippen LogP contribution is 2.57. The van der Waals surface area contributed by atoms with E-state index in [0.717, 1.165) is 13.1 Å². The minimum absolute atomic E-state index is 0.223. The molecule has 0 N–H and O–H groups in total. The van der Waals surface area contributed by atoms with E-state index in [2.05, 4.69) is 10.1 Å². The number of nitrogens with zero attached hydrogens (tertiary/aromatic N) is 3. The van der Waals surface area contributed by atoms with Crippen molar-refractivity contribution in [3.8, 4) is 0 Å². The molecule has 3 atom stereocenters. The lowest BCUT2D eigenvalue weighted by Crippen LogP contribution is -2.36. The van der Waals surface area contributed by atoms with Crippen molar-refractivity contribution in [1.29, 1.82) is 0 Å². The molecule has 0 bridgehead atoms. The molecule has 1 saturated carbocycles. The molecule has 1 saturated heterocycles. The van der Waals surface area contributed by atoms with E-state index in [9.17, 15) is 4.79 Å². The van der Waals surface area contributed by atoms with Gasteiger partial charge in [-0.3, -0.25) is 0 Å². The van der Waals surface area contributed by atoms with Crippen molar-refractivity contribution < 1.29 is 14.1 Å². The Bertz CT molecular complexity index is 440. The SMILES string of the molecule is CC(C)(C)OC(=O)N1C[C@@H]2C(c3ncno3)[C@@H]2C1. The summed E-state index contributed by atoms with van der Waals surface area (Å²) in [6.45, 7) is 7.09. The van der Waals surface area contributed by atoms with Crippen molar-refractivity contribution >= 4 is 6.09 Å². The summed E-state index contributed by atoms with van der Waals surface area (Å²) in [7, 11) is 0. The molecule has 1 aliphatic heterocycles. The molecule has 1 unspecified atom stereocenters. The van der Waals surface area contributed by atoms with Gasteiger partial charge in [0.25, 0.3) is 0 Å². The van der Waals surface area contributed by atoms with Crippen LogP contribution in [0.3, 0.4) is 0 Å². The molecule has 0 aromatic carbocycles. The topological polar surface area (TPSA) is 68.5 Å². The van der Waals surface area contributed by atoms with Gasteiger partial charge in [-0.25, -0.2) is 4.79 Å². The van der Waals surface area contributed by atoms with Gasteiger partial charge in [0.15, 0.2) is 6.33 Å². The molecule has 6 nitrogen and oxygen atoms in total. The van der Waals surface area contributed by atoms with Crippen molar-refractivity contribution in [2.45, 2.75) is 32.3 Å². The molecule has 18 heavy (non-hydrogen) atoms. The van der Waals surface area contributed by atoms with E-state index in [1.807, 2.05) is 20.8 Å². The molecule has 2 fully saturated rings. The Balaban J connectivity index is 1.56. The fourth-order valence-electron chi connectivity index (χ4n) is 2.70. The minimum Gasteiger partial charge on any atom is -0.444 e. The maximum Gasteiger partial charge on any atom is 0.410 e. The van der Waals surface area contributed by atoms with Crippen LogP contribution in [0.15, 0.2) is 10.9 Å². The van der Waals surface area contributed by atoms with Crippen LogP contribution in [0.2, 0.25) is 0 Å². The molecule has 1 amide bonds.